The van der Waals surface area contributed by atoms with Gasteiger partial charge in [0.1, 0.15) is 23.7 Å². The lowest BCUT2D eigenvalue weighted by atomic mass is 9.87. The topological polar surface area (TPSA) is 60.7 Å². The van der Waals surface area contributed by atoms with Gasteiger partial charge in [0, 0.05) is 17.8 Å². The number of hydrogen-bond donors (Lipinski definition) is 1. The Labute approximate surface area is 189 Å². The van der Waals surface area contributed by atoms with Crippen molar-refractivity contribution >= 4 is 0 Å². The van der Waals surface area contributed by atoms with Crippen molar-refractivity contribution in [2.75, 3.05) is 0 Å². The molecule has 32 heavy (non-hydrogen) atoms. The van der Waals surface area contributed by atoms with E-state index in [-0.39, 0.29) is 5.43 Å². The van der Waals surface area contributed by atoms with Crippen LogP contribution in [0.15, 0.2) is 47.4 Å². The molecule has 1 N–H and O–H groups in total. The molecule has 2 aromatic carbocycles. The number of ether oxygens (including phenoxy) is 2. The molecule has 0 amide bonds. The third kappa shape index (κ3) is 3.99. The molecule has 5 nitrogen and oxygen atoms in total. The lowest BCUT2D eigenvalue weighted by molar-refractivity contribution is 0.0451. The van der Waals surface area contributed by atoms with Crippen LogP contribution in [0.2, 0.25) is 0 Å². The van der Waals surface area contributed by atoms with Gasteiger partial charge in [-0.25, -0.2) is 0 Å². The molecule has 1 aliphatic heterocycles. The molecule has 1 aromatic heterocycles. The quantitative estimate of drug-likeness (QED) is 0.604. The summed E-state index contributed by atoms with van der Waals surface area (Å²) in [5.74, 6) is 1.62. The average molecular weight is 434 g/mol. The molecule has 0 saturated carbocycles. The maximum absolute atomic E-state index is 12.5. The lowest BCUT2D eigenvalue weighted by Gasteiger charge is -2.38. The minimum Gasteiger partial charge on any atom is -0.507 e. The first-order valence-corrected chi connectivity index (χ1v) is 11.1. The van der Waals surface area contributed by atoms with Crippen molar-refractivity contribution in [2.45, 2.75) is 66.2 Å². The van der Waals surface area contributed by atoms with Crippen molar-refractivity contribution in [3.63, 3.8) is 0 Å². The van der Waals surface area contributed by atoms with Gasteiger partial charge in [0.05, 0.1) is 12.2 Å². The van der Waals surface area contributed by atoms with E-state index in [9.17, 15) is 9.90 Å². The van der Waals surface area contributed by atoms with Gasteiger partial charge in [0.2, 0.25) is 5.43 Å². The van der Waals surface area contributed by atoms with E-state index in [1.807, 2.05) is 68.8 Å². The summed E-state index contributed by atoms with van der Waals surface area (Å²) >= 11 is 0. The van der Waals surface area contributed by atoms with Crippen LogP contribution in [0.1, 0.15) is 46.9 Å². The summed E-state index contributed by atoms with van der Waals surface area (Å²) in [5.41, 5.74) is 5.09. The number of benzene rings is 2. The van der Waals surface area contributed by atoms with Crippen LogP contribution in [0.25, 0.3) is 0 Å². The first-order chi connectivity index (χ1) is 15.2. The molecule has 1 unspecified atom stereocenters. The SMILES string of the molecule is Cc1c(C)c2c(c(C)c1O)CCC(C)(Cn1ccc(=O)c(OCc3ccccc3)c1C)O2. The van der Waals surface area contributed by atoms with E-state index < -0.39 is 5.60 Å². The van der Waals surface area contributed by atoms with Gasteiger partial charge in [-0.05, 0) is 69.7 Å². The Balaban J connectivity index is 1.60. The highest BCUT2D eigenvalue weighted by atomic mass is 16.5. The molecule has 3 aromatic rings. The molecule has 0 saturated heterocycles. The number of pyridine rings is 1. The fraction of sp³-hybridized carbons (Fsp3) is 0.370. The van der Waals surface area contributed by atoms with E-state index in [0.717, 1.165) is 52.1 Å². The summed E-state index contributed by atoms with van der Waals surface area (Å²) in [6, 6.07) is 11.4. The predicted molar refractivity (Wildman–Crippen MR) is 126 cm³/mol. The number of rotatable bonds is 5. The molecular weight excluding hydrogens is 402 g/mol. The van der Waals surface area contributed by atoms with Crippen LogP contribution in [-0.4, -0.2) is 15.3 Å². The molecule has 5 heteroatoms. The van der Waals surface area contributed by atoms with Gasteiger partial charge in [-0.3, -0.25) is 4.79 Å². The number of nitrogens with zero attached hydrogens (tertiary/aromatic N) is 1. The van der Waals surface area contributed by atoms with Crippen molar-refractivity contribution in [3.8, 4) is 17.2 Å². The normalized spacial score (nSPS) is 17.5. The van der Waals surface area contributed by atoms with Crippen LogP contribution >= 0.6 is 0 Å². The van der Waals surface area contributed by atoms with Crippen molar-refractivity contribution in [3.05, 3.63) is 86.3 Å². The molecule has 168 valence electrons. The summed E-state index contributed by atoms with van der Waals surface area (Å²) in [4.78, 5) is 12.5. The van der Waals surface area contributed by atoms with Gasteiger partial charge in [0.15, 0.2) is 5.75 Å². The number of phenolic OH excluding ortho intramolecular Hbond substituents is 1. The highest BCUT2D eigenvalue weighted by Gasteiger charge is 2.35. The number of fused-ring (bicyclic) bond motifs is 1. The molecule has 1 aliphatic rings. The van der Waals surface area contributed by atoms with Crippen molar-refractivity contribution in [1.82, 2.24) is 4.57 Å². The summed E-state index contributed by atoms with van der Waals surface area (Å²) < 4.78 is 14.6. The Hall–Kier alpha value is -3.21. The molecule has 0 radical (unpaired) electrons. The second-order valence-corrected chi connectivity index (χ2v) is 9.08. The molecule has 0 fully saturated rings. The largest absolute Gasteiger partial charge is 0.507 e. The summed E-state index contributed by atoms with van der Waals surface area (Å²) in [5, 5.41) is 10.4. The van der Waals surface area contributed by atoms with Crippen LogP contribution in [0, 0.1) is 27.7 Å². The van der Waals surface area contributed by atoms with Crippen molar-refractivity contribution in [1.29, 1.82) is 0 Å². The maximum Gasteiger partial charge on any atom is 0.223 e. The Kier molecular flexibility index (Phi) is 5.76. The lowest BCUT2D eigenvalue weighted by Crippen LogP contribution is -2.41. The van der Waals surface area contributed by atoms with Crippen LogP contribution in [0.3, 0.4) is 0 Å². The van der Waals surface area contributed by atoms with Gasteiger partial charge in [-0.15, -0.1) is 0 Å². The van der Waals surface area contributed by atoms with Gasteiger partial charge in [-0.1, -0.05) is 30.3 Å². The number of aromatic hydroxyl groups is 1. The Morgan fingerprint density at radius 1 is 1.06 bits per heavy atom. The highest BCUT2D eigenvalue weighted by molar-refractivity contribution is 5.58. The van der Waals surface area contributed by atoms with E-state index in [2.05, 4.69) is 6.92 Å². The highest BCUT2D eigenvalue weighted by Crippen LogP contribution is 2.43. The zero-order chi connectivity index (χ0) is 23.0. The number of hydrogen-bond acceptors (Lipinski definition) is 4. The van der Waals surface area contributed by atoms with Crippen LogP contribution in [-0.2, 0) is 19.6 Å². The molecule has 0 spiro atoms. The van der Waals surface area contributed by atoms with E-state index in [1.54, 1.807) is 6.07 Å². The fourth-order valence-corrected chi connectivity index (χ4v) is 4.50. The molecule has 1 atom stereocenters. The summed E-state index contributed by atoms with van der Waals surface area (Å²) in [6.45, 7) is 10.8. The second kappa shape index (κ2) is 8.38. The first kappa shape index (κ1) is 22.0. The number of phenols is 1. The Morgan fingerprint density at radius 3 is 2.50 bits per heavy atom. The minimum atomic E-state index is -0.440. The molecular formula is C27H31NO4. The molecule has 2 heterocycles. The standard InChI is InChI=1S/C27H31NO4/c1-17-18(2)25-22(19(3)24(17)30)11-13-27(5,32-25)16-28-14-12-23(29)26(20(28)4)31-15-21-9-7-6-8-10-21/h6-10,12,14,30H,11,13,15-16H2,1-5H3. The van der Waals surface area contributed by atoms with E-state index >= 15 is 0 Å². The van der Waals surface area contributed by atoms with Crippen molar-refractivity contribution in [2.24, 2.45) is 0 Å². The predicted octanol–water partition coefficient (Wildman–Crippen LogP) is 5.15. The van der Waals surface area contributed by atoms with Crippen LogP contribution in [0.4, 0.5) is 0 Å². The monoisotopic (exact) mass is 433 g/mol. The summed E-state index contributed by atoms with van der Waals surface area (Å²) in [6.07, 6.45) is 3.47. The van der Waals surface area contributed by atoms with Gasteiger partial charge in [0.25, 0.3) is 0 Å². The third-order valence-corrected chi connectivity index (χ3v) is 6.71. The Bertz CT molecular complexity index is 1210. The van der Waals surface area contributed by atoms with E-state index in [4.69, 9.17) is 9.47 Å². The Morgan fingerprint density at radius 2 is 1.78 bits per heavy atom. The third-order valence-electron chi connectivity index (χ3n) is 6.71. The summed E-state index contributed by atoms with van der Waals surface area (Å²) in [7, 11) is 0. The minimum absolute atomic E-state index is 0.118. The van der Waals surface area contributed by atoms with Gasteiger partial charge in [-0.2, -0.15) is 0 Å². The maximum atomic E-state index is 12.5. The zero-order valence-electron chi connectivity index (χ0n) is 19.5. The molecule has 0 aliphatic carbocycles. The smallest absolute Gasteiger partial charge is 0.223 e. The van der Waals surface area contributed by atoms with Crippen LogP contribution in [0.5, 0.6) is 17.2 Å². The second-order valence-electron chi connectivity index (χ2n) is 9.08. The van der Waals surface area contributed by atoms with E-state index in [1.165, 1.54) is 0 Å². The zero-order valence-corrected chi connectivity index (χ0v) is 19.5. The number of aromatic nitrogens is 1. The fourth-order valence-electron chi connectivity index (χ4n) is 4.50. The van der Waals surface area contributed by atoms with Crippen LogP contribution < -0.4 is 14.9 Å². The molecule has 0 bridgehead atoms. The van der Waals surface area contributed by atoms with Gasteiger partial charge < -0.3 is 19.1 Å². The van der Waals surface area contributed by atoms with Crippen molar-refractivity contribution < 1.29 is 14.6 Å². The molecule has 4 rings (SSSR count). The average Bonchev–Trinajstić information content (AvgIpc) is 2.79. The first-order valence-electron chi connectivity index (χ1n) is 11.1. The van der Waals surface area contributed by atoms with Gasteiger partial charge >= 0.3 is 0 Å². The van der Waals surface area contributed by atoms with E-state index in [0.29, 0.717) is 24.7 Å².